The highest BCUT2D eigenvalue weighted by Gasteiger charge is 2.24. The molecular formula is C59H35N5S. The molecule has 14 aromatic rings. The van der Waals surface area contributed by atoms with Gasteiger partial charge < -0.3 is 4.57 Å². The number of hydrogen-bond acceptors (Lipinski definition) is 4. The van der Waals surface area contributed by atoms with Crippen molar-refractivity contribution in [1.29, 1.82) is 0 Å². The third kappa shape index (κ3) is 5.61. The van der Waals surface area contributed by atoms with Crippen LogP contribution in [0.2, 0.25) is 0 Å². The molecule has 0 amide bonds. The Morgan fingerprint density at radius 1 is 0.308 bits per heavy atom. The molecule has 4 aromatic heterocycles. The summed E-state index contributed by atoms with van der Waals surface area (Å²) in [6.45, 7) is 0. The molecule has 0 aliphatic carbocycles. The van der Waals surface area contributed by atoms with E-state index in [2.05, 4.69) is 221 Å². The predicted octanol–water partition coefficient (Wildman–Crippen LogP) is 15.7. The van der Waals surface area contributed by atoms with E-state index in [4.69, 9.17) is 15.0 Å². The van der Waals surface area contributed by atoms with Crippen molar-refractivity contribution < 1.29 is 0 Å². The van der Waals surface area contributed by atoms with Gasteiger partial charge in [-0.2, -0.15) is 9.97 Å². The number of thiophene rings is 1. The van der Waals surface area contributed by atoms with Gasteiger partial charge in [0.1, 0.15) is 0 Å². The molecule has 10 aromatic carbocycles. The molecule has 0 spiro atoms. The zero-order valence-corrected chi connectivity index (χ0v) is 35.7. The first-order valence-electron chi connectivity index (χ1n) is 21.9. The normalized spacial score (nSPS) is 12.0. The molecule has 65 heavy (non-hydrogen) atoms. The van der Waals surface area contributed by atoms with E-state index in [9.17, 15) is 0 Å². The summed E-state index contributed by atoms with van der Waals surface area (Å²) in [4.78, 5) is 16.5. The monoisotopic (exact) mass is 845 g/mol. The van der Waals surface area contributed by atoms with Crippen LogP contribution in [-0.4, -0.2) is 24.1 Å². The van der Waals surface area contributed by atoms with Gasteiger partial charge in [-0.1, -0.05) is 152 Å². The number of hydrogen-bond donors (Lipinski definition) is 0. The molecule has 5 nitrogen and oxygen atoms in total. The standard InChI is InChI=1S/C59H35N5S/c1-2-15-36(16-3-1)37-21-14-22-42(29-37)57-60-58(62-59(61-57)64-50-26-11-8-23-43(50)44-24-9-12-27-51(44)64)49-34-48-45-25-10-13-28-55(45)65-56(48)35-54(49)63-52-32-40-19-6-4-17-38(40)30-46(52)47-31-39-18-5-7-20-41(39)33-53(47)63/h1-35H. The van der Waals surface area contributed by atoms with Crippen molar-refractivity contribution in [3.05, 3.63) is 212 Å². The average molecular weight is 846 g/mol. The van der Waals surface area contributed by atoms with Crippen LogP contribution in [0.1, 0.15) is 0 Å². The Bertz CT molecular complexity index is 4110. The zero-order chi connectivity index (χ0) is 42.6. The van der Waals surface area contributed by atoms with Gasteiger partial charge in [0, 0.05) is 52.8 Å². The Morgan fingerprint density at radius 3 is 1.52 bits per heavy atom. The molecule has 0 unspecified atom stereocenters. The number of nitrogens with zero attached hydrogens (tertiary/aromatic N) is 5. The molecular weight excluding hydrogens is 811 g/mol. The smallest absolute Gasteiger partial charge is 0.238 e. The van der Waals surface area contributed by atoms with Crippen LogP contribution < -0.4 is 0 Å². The molecule has 0 bridgehead atoms. The summed E-state index contributed by atoms with van der Waals surface area (Å²) in [6, 6.07) is 76.3. The summed E-state index contributed by atoms with van der Waals surface area (Å²) in [5.41, 5.74) is 9.41. The minimum absolute atomic E-state index is 0.563. The third-order valence-corrected chi connectivity index (χ3v) is 14.2. The van der Waals surface area contributed by atoms with Crippen LogP contribution in [0.4, 0.5) is 0 Å². The maximum atomic E-state index is 5.59. The lowest BCUT2D eigenvalue weighted by Gasteiger charge is -2.16. The van der Waals surface area contributed by atoms with Crippen LogP contribution in [-0.2, 0) is 0 Å². The van der Waals surface area contributed by atoms with Crippen LogP contribution in [0.25, 0.3) is 131 Å². The van der Waals surface area contributed by atoms with Crippen molar-refractivity contribution >= 4 is 96.7 Å². The molecule has 0 radical (unpaired) electrons. The van der Waals surface area contributed by atoms with E-state index < -0.39 is 0 Å². The van der Waals surface area contributed by atoms with Gasteiger partial charge in [-0.3, -0.25) is 4.57 Å². The van der Waals surface area contributed by atoms with Crippen LogP contribution in [0.5, 0.6) is 0 Å². The molecule has 0 aliphatic rings. The fourth-order valence-corrected chi connectivity index (χ4v) is 11.2. The van der Waals surface area contributed by atoms with Crippen molar-refractivity contribution in [2.45, 2.75) is 0 Å². The zero-order valence-electron chi connectivity index (χ0n) is 34.9. The quantitative estimate of drug-likeness (QED) is 0.173. The van der Waals surface area contributed by atoms with Crippen molar-refractivity contribution in [1.82, 2.24) is 24.1 Å². The molecule has 4 heterocycles. The van der Waals surface area contributed by atoms with Crippen molar-refractivity contribution in [2.75, 3.05) is 0 Å². The lowest BCUT2D eigenvalue weighted by molar-refractivity contribution is 0.952. The second-order valence-electron chi connectivity index (χ2n) is 16.8. The van der Waals surface area contributed by atoms with Gasteiger partial charge in [0.25, 0.3) is 0 Å². The van der Waals surface area contributed by atoms with Gasteiger partial charge in [-0.15, -0.1) is 11.3 Å². The summed E-state index contributed by atoms with van der Waals surface area (Å²) in [6.07, 6.45) is 0. The molecule has 14 rings (SSSR count). The van der Waals surface area contributed by atoms with Gasteiger partial charge >= 0.3 is 0 Å². The molecule has 0 saturated carbocycles. The van der Waals surface area contributed by atoms with Gasteiger partial charge in [-0.25, -0.2) is 4.98 Å². The van der Waals surface area contributed by atoms with E-state index in [1.54, 1.807) is 0 Å². The summed E-state index contributed by atoms with van der Waals surface area (Å²) < 4.78 is 7.11. The minimum atomic E-state index is 0.563. The highest BCUT2D eigenvalue weighted by molar-refractivity contribution is 7.25. The Hall–Kier alpha value is -8.45. The van der Waals surface area contributed by atoms with Gasteiger partial charge in [0.15, 0.2) is 11.6 Å². The summed E-state index contributed by atoms with van der Waals surface area (Å²) >= 11 is 1.83. The van der Waals surface area contributed by atoms with Gasteiger partial charge in [0.05, 0.1) is 27.8 Å². The second kappa shape index (κ2) is 14.0. The fourth-order valence-electron chi connectivity index (χ4n) is 10.1. The first-order valence-corrected chi connectivity index (χ1v) is 22.7. The number of fused-ring (bicyclic) bond motifs is 11. The first kappa shape index (κ1) is 36.1. The van der Waals surface area contributed by atoms with E-state index in [0.717, 1.165) is 60.8 Å². The molecule has 0 saturated heterocycles. The van der Waals surface area contributed by atoms with E-state index in [-0.39, 0.29) is 0 Å². The number of aromatic nitrogens is 5. The Labute approximate surface area is 376 Å². The maximum Gasteiger partial charge on any atom is 0.238 e. The van der Waals surface area contributed by atoms with Crippen molar-refractivity contribution in [2.24, 2.45) is 0 Å². The Kier molecular flexibility index (Phi) is 7.79. The highest BCUT2D eigenvalue weighted by atomic mass is 32.1. The lowest BCUT2D eigenvalue weighted by Crippen LogP contribution is -2.08. The molecule has 6 heteroatoms. The summed E-state index contributed by atoms with van der Waals surface area (Å²) in [5.74, 6) is 1.76. The van der Waals surface area contributed by atoms with Crippen molar-refractivity contribution in [3.63, 3.8) is 0 Å². The van der Waals surface area contributed by atoms with E-state index >= 15 is 0 Å². The fraction of sp³-hybridized carbons (Fsp3) is 0. The van der Waals surface area contributed by atoms with E-state index in [1.165, 1.54) is 52.5 Å². The Balaban J connectivity index is 1.13. The van der Waals surface area contributed by atoms with E-state index in [0.29, 0.717) is 17.6 Å². The van der Waals surface area contributed by atoms with Crippen molar-refractivity contribution in [3.8, 4) is 45.5 Å². The average Bonchev–Trinajstić information content (AvgIpc) is 4.01. The number of para-hydroxylation sites is 2. The topological polar surface area (TPSA) is 48.5 Å². The third-order valence-electron chi connectivity index (χ3n) is 13.1. The molecule has 302 valence electrons. The minimum Gasteiger partial charge on any atom is -0.308 e. The second-order valence-corrected chi connectivity index (χ2v) is 17.9. The van der Waals surface area contributed by atoms with Crippen LogP contribution in [0.15, 0.2) is 212 Å². The van der Waals surface area contributed by atoms with E-state index in [1.807, 2.05) is 11.3 Å². The first-order chi connectivity index (χ1) is 32.2. The molecule has 0 aliphatic heterocycles. The van der Waals surface area contributed by atoms with Gasteiger partial charge in [-0.05, 0) is 93.3 Å². The predicted molar refractivity (Wildman–Crippen MR) is 273 cm³/mol. The van der Waals surface area contributed by atoms with Crippen LogP contribution in [0.3, 0.4) is 0 Å². The largest absolute Gasteiger partial charge is 0.308 e. The SMILES string of the molecule is c1ccc(-c2cccc(-c3nc(-c4cc5c(cc4-n4c6cc7ccccc7cc6c6cc7ccccc7cc64)sc4ccccc45)nc(-n4c5ccccc5c5ccccc54)n3)c2)cc1. The van der Waals surface area contributed by atoms with Gasteiger partial charge in [0.2, 0.25) is 5.95 Å². The highest BCUT2D eigenvalue weighted by Crippen LogP contribution is 2.44. The van der Waals surface area contributed by atoms with Crippen LogP contribution >= 0.6 is 11.3 Å². The molecule has 0 N–H and O–H groups in total. The number of benzene rings is 10. The maximum absolute atomic E-state index is 5.59. The number of rotatable bonds is 5. The van der Waals surface area contributed by atoms with Crippen LogP contribution in [0, 0.1) is 0 Å². The molecule has 0 fully saturated rings. The Morgan fingerprint density at radius 2 is 0.846 bits per heavy atom. The molecule has 0 atom stereocenters. The summed E-state index contributed by atoms with van der Waals surface area (Å²) in [7, 11) is 0. The summed E-state index contributed by atoms with van der Waals surface area (Å²) in [5, 5.41) is 11.9. The lowest BCUT2D eigenvalue weighted by atomic mass is 10.0.